The Bertz CT molecular complexity index is 1740. The van der Waals surface area contributed by atoms with Crippen molar-refractivity contribution in [3.63, 3.8) is 0 Å². The van der Waals surface area contributed by atoms with Crippen molar-refractivity contribution in [2.24, 2.45) is 0 Å². The number of hydrogen-bond acceptors (Lipinski definition) is 6. The Morgan fingerprint density at radius 2 is 0.735 bits per heavy atom. The fraction of sp³-hybridized carbons (Fsp3) is 0.753. The number of ether oxygens (including phenoxy) is 1. The monoisotopic (exact) mass is 1180 g/mol. The van der Waals surface area contributed by atoms with Crippen LogP contribution in [0.3, 0.4) is 0 Å². The Morgan fingerprint density at radius 3 is 1.12 bits per heavy atom. The van der Waals surface area contributed by atoms with Crippen LogP contribution in [0.2, 0.25) is 0 Å². The molecule has 10 heteroatoms. The van der Waals surface area contributed by atoms with Gasteiger partial charge in [0.05, 0.1) is 33.8 Å². The molecule has 0 spiro atoms. The minimum atomic E-state index is -4.46. The van der Waals surface area contributed by atoms with Gasteiger partial charge in [0.25, 0.3) is 0 Å². The topological polar surface area (TPSA) is 111 Å². The number of quaternary nitrogens is 1. The maximum atomic E-state index is 13.6. The van der Waals surface area contributed by atoms with Gasteiger partial charge in [0.2, 0.25) is 5.91 Å². The van der Waals surface area contributed by atoms with E-state index in [2.05, 4.69) is 111 Å². The van der Waals surface area contributed by atoms with Crippen LogP contribution in [0.15, 0.2) is 97.2 Å². The van der Waals surface area contributed by atoms with Crippen LogP contribution in [-0.2, 0) is 27.9 Å². The summed E-state index contributed by atoms with van der Waals surface area (Å²) in [5.74, 6) is -0.527. The molecule has 0 aromatic heterocycles. The second-order valence-electron chi connectivity index (χ2n) is 24.3. The van der Waals surface area contributed by atoms with Gasteiger partial charge in [0.15, 0.2) is 0 Å². The molecule has 3 atom stereocenters. The fourth-order valence-electron chi connectivity index (χ4n) is 9.64. The first-order valence-corrected chi connectivity index (χ1v) is 36.1. The number of amides is 1. The Balaban J connectivity index is 5.10. The molecule has 0 aromatic carbocycles. The maximum Gasteiger partial charge on any atom is 0.472 e. The fourth-order valence-corrected chi connectivity index (χ4v) is 10.4. The summed E-state index contributed by atoms with van der Waals surface area (Å²) >= 11 is 0. The van der Waals surface area contributed by atoms with Crippen molar-refractivity contribution in [3.05, 3.63) is 97.2 Å². The Labute approximate surface area is 513 Å². The summed E-state index contributed by atoms with van der Waals surface area (Å²) in [5.41, 5.74) is 0. The smallest absolute Gasteiger partial charge is 0.456 e. The molecule has 2 N–H and O–H groups in total. The maximum absolute atomic E-state index is 13.6. The van der Waals surface area contributed by atoms with Crippen LogP contribution in [0.4, 0.5) is 0 Å². The van der Waals surface area contributed by atoms with Crippen molar-refractivity contribution in [3.8, 4) is 0 Å². The zero-order chi connectivity index (χ0) is 60.7. The van der Waals surface area contributed by atoms with Gasteiger partial charge in [-0.05, 0) is 115 Å². The number of carbonyl (C=O) groups is 2. The zero-order valence-corrected chi connectivity index (χ0v) is 55.8. The number of phosphoric acid groups is 1. The van der Waals surface area contributed by atoms with E-state index in [1.807, 2.05) is 33.3 Å². The summed E-state index contributed by atoms with van der Waals surface area (Å²) in [6.07, 6.45) is 84.1. The first kappa shape index (κ1) is 79.9. The van der Waals surface area contributed by atoms with Crippen LogP contribution in [0, 0.1) is 0 Å². The summed E-state index contributed by atoms with van der Waals surface area (Å²) in [4.78, 5) is 37.8. The van der Waals surface area contributed by atoms with Gasteiger partial charge in [-0.3, -0.25) is 18.6 Å². The van der Waals surface area contributed by atoms with E-state index in [1.165, 1.54) is 161 Å². The number of nitrogens with one attached hydrogen (secondary N) is 1. The van der Waals surface area contributed by atoms with Gasteiger partial charge in [-0.2, -0.15) is 0 Å². The van der Waals surface area contributed by atoms with Gasteiger partial charge in [0, 0.05) is 12.8 Å². The van der Waals surface area contributed by atoms with E-state index in [9.17, 15) is 19.0 Å². The number of unbranched alkanes of at least 4 members (excludes halogenated alkanes) is 32. The van der Waals surface area contributed by atoms with Gasteiger partial charge in [-0.1, -0.05) is 272 Å². The zero-order valence-electron chi connectivity index (χ0n) is 54.9. The van der Waals surface area contributed by atoms with Gasteiger partial charge in [0.1, 0.15) is 19.3 Å². The first-order chi connectivity index (χ1) is 40.4. The molecule has 1 amide bonds. The molecule has 0 fully saturated rings. The summed E-state index contributed by atoms with van der Waals surface area (Å²) in [6.45, 7) is 6.95. The standard InChI is InChI=1S/C73H131N2O7P/c1-7-10-13-16-19-22-25-27-29-31-33-35-36-37-38-40-42-44-46-48-51-54-57-60-63-66-73(77)82-71(64-61-58-55-52-49-24-21-18-15-12-9-3)70(69-81-83(78,79)80-68-67-75(4,5)6)74-72(76)65-62-59-56-53-50-47-45-43-41-39-34-32-30-28-26-23-20-17-14-11-8-2/h19-20,22-23,27-30,33-35,39,43,45,61,64,70-71H,7-18,21,24-26,31-32,36-38,40-42,44,46-60,62-63,65-69H2,1-6H3,(H-,74,76,78,79)/p+1/b22-19-,23-20-,29-27-,30-28-,35-33-,39-34-,45-43-,64-61+. The minimum absolute atomic E-state index is 0.0322. The van der Waals surface area contributed by atoms with E-state index in [1.54, 1.807) is 0 Å². The molecule has 83 heavy (non-hydrogen) atoms. The third-order valence-electron chi connectivity index (χ3n) is 15.0. The van der Waals surface area contributed by atoms with E-state index in [0.717, 1.165) is 109 Å². The molecular weight excluding hydrogens is 1050 g/mol. The number of phosphoric ester groups is 1. The average molecular weight is 1180 g/mol. The number of hydrogen-bond donors (Lipinski definition) is 2. The molecule has 0 heterocycles. The van der Waals surface area contributed by atoms with E-state index >= 15 is 0 Å². The van der Waals surface area contributed by atoms with Gasteiger partial charge in [-0.25, -0.2) is 4.57 Å². The third kappa shape index (κ3) is 63.3. The average Bonchev–Trinajstić information content (AvgIpc) is 3.51. The number of rotatable bonds is 62. The van der Waals surface area contributed by atoms with E-state index in [-0.39, 0.29) is 31.5 Å². The summed E-state index contributed by atoms with van der Waals surface area (Å²) in [6, 6.07) is -0.865. The third-order valence-corrected chi connectivity index (χ3v) is 16.0. The number of nitrogens with zero attached hydrogens (tertiary/aromatic N) is 1. The first-order valence-electron chi connectivity index (χ1n) is 34.6. The predicted octanol–water partition coefficient (Wildman–Crippen LogP) is 21.9. The van der Waals surface area contributed by atoms with Crippen molar-refractivity contribution in [2.75, 3.05) is 40.9 Å². The molecule has 0 aromatic rings. The normalized spacial score (nSPS) is 14.2. The van der Waals surface area contributed by atoms with Crippen LogP contribution in [0.25, 0.3) is 0 Å². The SMILES string of the molecule is CCCCC/C=C\C/C=C\C/C=C\C/C=C\CCCCCCCC(=O)NC(COP(=O)(O)OCC[N+](C)(C)C)C(/C=C/CCCCCCCCCCC)OC(=O)CCCCCCCCCCCCCC/C=C\C/C=C\C/C=C\CCCCC. The molecule has 0 aliphatic heterocycles. The highest BCUT2D eigenvalue weighted by atomic mass is 31.2. The number of carbonyl (C=O) groups excluding carboxylic acids is 2. The summed E-state index contributed by atoms with van der Waals surface area (Å²) in [5, 5.41) is 3.05. The molecule has 0 aliphatic rings. The highest BCUT2D eigenvalue weighted by molar-refractivity contribution is 7.47. The lowest BCUT2D eigenvalue weighted by molar-refractivity contribution is -0.870. The Kier molecular flexibility index (Phi) is 59.7. The van der Waals surface area contributed by atoms with E-state index < -0.39 is 20.0 Å². The van der Waals surface area contributed by atoms with Gasteiger partial charge in [-0.15, -0.1) is 0 Å². The van der Waals surface area contributed by atoms with Crippen LogP contribution >= 0.6 is 7.82 Å². The highest BCUT2D eigenvalue weighted by Gasteiger charge is 2.30. The predicted molar refractivity (Wildman–Crippen MR) is 360 cm³/mol. The second kappa shape index (κ2) is 62.0. The highest BCUT2D eigenvalue weighted by Crippen LogP contribution is 2.43. The molecule has 0 rings (SSSR count). The van der Waals surface area contributed by atoms with Crippen LogP contribution in [-0.4, -0.2) is 74.3 Å². The molecule has 0 radical (unpaired) electrons. The summed E-state index contributed by atoms with van der Waals surface area (Å²) in [7, 11) is 1.48. The quantitative estimate of drug-likeness (QED) is 0.0205. The molecule has 0 bridgehead atoms. The van der Waals surface area contributed by atoms with Crippen molar-refractivity contribution in [2.45, 2.75) is 315 Å². The van der Waals surface area contributed by atoms with Crippen LogP contribution in [0.5, 0.6) is 0 Å². The van der Waals surface area contributed by atoms with E-state index in [4.69, 9.17) is 13.8 Å². The number of likely N-dealkylation sites (N-methyl/N-ethyl adjacent to an activating group) is 1. The second-order valence-corrected chi connectivity index (χ2v) is 25.8. The van der Waals surface area contributed by atoms with E-state index in [0.29, 0.717) is 17.4 Å². The largest absolute Gasteiger partial charge is 0.472 e. The summed E-state index contributed by atoms with van der Waals surface area (Å²) < 4.78 is 30.8. The number of allylic oxidation sites excluding steroid dienone is 15. The van der Waals surface area contributed by atoms with Crippen molar-refractivity contribution >= 4 is 19.7 Å². The van der Waals surface area contributed by atoms with Crippen molar-refractivity contribution in [1.82, 2.24) is 5.32 Å². The minimum Gasteiger partial charge on any atom is -0.456 e. The molecule has 9 nitrogen and oxygen atoms in total. The lowest BCUT2D eigenvalue weighted by atomic mass is 10.0. The molecule has 480 valence electrons. The molecule has 0 aliphatic carbocycles. The number of esters is 1. The van der Waals surface area contributed by atoms with Crippen molar-refractivity contribution < 1.29 is 37.3 Å². The molecule has 3 unspecified atom stereocenters. The molecule has 0 saturated heterocycles. The lowest BCUT2D eigenvalue weighted by Crippen LogP contribution is -2.47. The van der Waals surface area contributed by atoms with Crippen LogP contribution < -0.4 is 5.32 Å². The molecular formula is C73H132N2O7P+. The van der Waals surface area contributed by atoms with Crippen LogP contribution in [0.1, 0.15) is 303 Å². The Hall–Kier alpha value is -3.07. The molecule has 0 saturated carbocycles. The lowest BCUT2D eigenvalue weighted by Gasteiger charge is -2.27. The van der Waals surface area contributed by atoms with Gasteiger partial charge >= 0.3 is 13.8 Å². The van der Waals surface area contributed by atoms with Gasteiger partial charge < -0.3 is 19.4 Å². The Morgan fingerprint density at radius 1 is 0.422 bits per heavy atom. The van der Waals surface area contributed by atoms with Crippen molar-refractivity contribution in [1.29, 1.82) is 0 Å².